The molecule has 0 fully saturated rings. The molecule has 20 heavy (non-hydrogen) atoms. The molecule has 108 valence electrons. The average Bonchev–Trinajstić information content (AvgIpc) is 2.66. The minimum absolute atomic E-state index is 0.0552. The Hall–Kier alpha value is -1.68. The summed E-state index contributed by atoms with van der Waals surface area (Å²) in [6.45, 7) is 10.8. The molecule has 0 aliphatic rings. The normalized spacial score (nSPS) is 12.7. The minimum Gasteiger partial charge on any atom is -0.310 e. The standard InChI is InChI=1S/C16H22FN3/c1-6-18-12(4)16-14(17)8-7-9-15(16)20-13(5)10(2)11(3)19-20/h7-9,12,18H,6H2,1-5H3. The summed E-state index contributed by atoms with van der Waals surface area (Å²) in [5.41, 5.74) is 4.66. The number of aromatic nitrogens is 2. The number of rotatable bonds is 4. The van der Waals surface area contributed by atoms with E-state index in [-0.39, 0.29) is 11.9 Å². The van der Waals surface area contributed by atoms with E-state index in [4.69, 9.17) is 0 Å². The van der Waals surface area contributed by atoms with Crippen molar-refractivity contribution in [3.05, 3.63) is 46.5 Å². The molecule has 1 heterocycles. The highest BCUT2D eigenvalue weighted by molar-refractivity contribution is 5.45. The van der Waals surface area contributed by atoms with Crippen molar-refractivity contribution in [1.29, 1.82) is 0 Å². The lowest BCUT2D eigenvalue weighted by Gasteiger charge is -2.18. The van der Waals surface area contributed by atoms with Gasteiger partial charge in [-0.25, -0.2) is 9.07 Å². The average molecular weight is 275 g/mol. The molecule has 0 radical (unpaired) electrons. The summed E-state index contributed by atoms with van der Waals surface area (Å²) in [5, 5.41) is 7.82. The number of hydrogen-bond donors (Lipinski definition) is 1. The van der Waals surface area contributed by atoms with Crippen LogP contribution in [0, 0.1) is 26.6 Å². The van der Waals surface area contributed by atoms with Gasteiger partial charge in [0, 0.05) is 17.3 Å². The fourth-order valence-corrected chi connectivity index (χ4v) is 2.50. The van der Waals surface area contributed by atoms with Gasteiger partial charge in [-0.3, -0.25) is 0 Å². The Kier molecular flexibility index (Phi) is 4.23. The number of hydrogen-bond acceptors (Lipinski definition) is 2. The van der Waals surface area contributed by atoms with E-state index in [1.807, 2.05) is 45.4 Å². The van der Waals surface area contributed by atoms with Crippen LogP contribution in [0.5, 0.6) is 0 Å². The smallest absolute Gasteiger partial charge is 0.130 e. The highest BCUT2D eigenvalue weighted by Crippen LogP contribution is 2.26. The number of nitrogens with zero attached hydrogens (tertiary/aromatic N) is 2. The van der Waals surface area contributed by atoms with Crippen LogP contribution in [0.25, 0.3) is 5.69 Å². The highest BCUT2D eigenvalue weighted by Gasteiger charge is 2.19. The molecule has 4 heteroatoms. The highest BCUT2D eigenvalue weighted by atomic mass is 19.1. The quantitative estimate of drug-likeness (QED) is 0.924. The molecule has 1 unspecified atom stereocenters. The molecule has 0 bridgehead atoms. The van der Waals surface area contributed by atoms with Crippen LogP contribution in [-0.4, -0.2) is 16.3 Å². The summed E-state index contributed by atoms with van der Waals surface area (Å²) < 4.78 is 16.1. The van der Waals surface area contributed by atoms with Gasteiger partial charge in [0.2, 0.25) is 0 Å². The maximum absolute atomic E-state index is 14.3. The van der Waals surface area contributed by atoms with Crippen molar-refractivity contribution in [3.63, 3.8) is 0 Å². The Balaban J connectivity index is 2.62. The SMILES string of the molecule is CCNC(C)c1c(F)cccc1-n1nc(C)c(C)c1C. The third-order valence-electron chi connectivity index (χ3n) is 3.85. The number of benzene rings is 1. The maximum Gasteiger partial charge on any atom is 0.130 e. The molecular weight excluding hydrogens is 253 g/mol. The lowest BCUT2D eigenvalue weighted by molar-refractivity contribution is 0.536. The van der Waals surface area contributed by atoms with Crippen molar-refractivity contribution >= 4 is 0 Å². The van der Waals surface area contributed by atoms with Gasteiger partial charge in [0.05, 0.1) is 11.4 Å². The van der Waals surface area contributed by atoms with Crippen LogP contribution in [0.2, 0.25) is 0 Å². The first-order valence-electron chi connectivity index (χ1n) is 7.02. The zero-order valence-corrected chi connectivity index (χ0v) is 12.8. The first-order valence-corrected chi connectivity index (χ1v) is 7.02. The second kappa shape index (κ2) is 5.75. The van der Waals surface area contributed by atoms with E-state index in [1.54, 1.807) is 6.07 Å². The predicted molar refractivity (Wildman–Crippen MR) is 79.8 cm³/mol. The van der Waals surface area contributed by atoms with Crippen molar-refractivity contribution in [2.75, 3.05) is 6.54 Å². The lowest BCUT2D eigenvalue weighted by Crippen LogP contribution is -2.21. The van der Waals surface area contributed by atoms with Gasteiger partial charge in [-0.1, -0.05) is 13.0 Å². The fraction of sp³-hybridized carbons (Fsp3) is 0.438. The molecule has 0 aliphatic carbocycles. The summed E-state index contributed by atoms with van der Waals surface area (Å²) in [4.78, 5) is 0. The molecule has 1 aromatic heterocycles. The van der Waals surface area contributed by atoms with Crippen LogP contribution >= 0.6 is 0 Å². The molecule has 0 amide bonds. The number of halogens is 1. The molecule has 1 atom stereocenters. The third-order valence-corrected chi connectivity index (χ3v) is 3.85. The van der Waals surface area contributed by atoms with Crippen LogP contribution in [0.15, 0.2) is 18.2 Å². The molecular formula is C16H22FN3. The molecule has 3 nitrogen and oxygen atoms in total. The van der Waals surface area contributed by atoms with Gasteiger partial charge in [0.1, 0.15) is 5.82 Å². The second-order valence-corrected chi connectivity index (χ2v) is 5.16. The van der Waals surface area contributed by atoms with Crippen LogP contribution < -0.4 is 5.32 Å². The van der Waals surface area contributed by atoms with Gasteiger partial charge in [-0.15, -0.1) is 0 Å². The summed E-state index contributed by atoms with van der Waals surface area (Å²) in [6, 6.07) is 5.11. The largest absolute Gasteiger partial charge is 0.310 e. The van der Waals surface area contributed by atoms with Gasteiger partial charge >= 0.3 is 0 Å². The zero-order valence-electron chi connectivity index (χ0n) is 12.8. The van der Waals surface area contributed by atoms with Gasteiger partial charge in [-0.05, 0) is 51.9 Å². The molecule has 0 saturated carbocycles. The molecule has 1 aromatic carbocycles. The monoisotopic (exact) mass is 275 g/mol. The summed E-state index contributed by atoms with van der Waals surface area (Å²) in [5.74, 6) is -0.193. The number of nitrogens with one attached hydrogen (secondary N) is 1. The van der Waals surface area contributed by atoms with Crippen LogP contribution in [0.3, 0.4) is 0 Å². The molecule has 0 saturated heterocycles. The Bertz CT molecular complexity index is 616. The topological polar surface area (TPSA) is 29.9 Å². The lowest BCUT2D eigenvalue weighted by atomic mass is 10.0. The maximum atomic E-state index is 14.3. The molecule has 0 spiro atoms. The van der Waals surface area contributed by atoms with Crippen LogP contribution in [0.4, 0.5) is 4.39 Å². The first kappa shape index (κ1) is 14.7. The summed E-state index contributed by atoms with van der Waals surface area (Å²) >= 11 is 0. The molecule has 1 N–H and O–H groups in total. The van der Waals surface area contributed by atoms with Gasteiger partial charge in [0.15, 0.2) is 0 Å². The van der Waals surface area contributed by atoms with Crippen molar-refractivity contribution < 1.29 is 4.39 Å². The second-order valence-electron chi connectivity index (χ2n) is 5.16. The molecule has 0 aliphatic heterocycles. The molecule has 2 rings (SSSR count). The van der Waals surface area contributed by atoms with Crippen molar-refractivity contribution in [2.45, 2.75) is 40.7 Å². The van der Waals surface area contributed by atoms with Gasteiger partial charge < -0.3 is 5.32 Å². The zero-order chi connectivity index (χ0) is 14.9. The minimum atomic E-state index is -0.193. The van der Waals surface area contributed by atoms with E-state index in [1.165, 1.54) is 6.07 Å². The third kappa shape index (κ3) is 2.48. The van der Waals surface area contributed by atoms with Crippen molar-refractivity contribution in [2.24, 2.45) is 0 Å². The Morgan fingerprint density at radius 3 is 2.55 bits per heavy atom. The summed E-state index contributed by atoms with van der Waals surface area (Å²) in [6.07, 6.45) is 0. The molecule has 2 aromatic rings. The predicted octanol–water partition coefficient (Wildman–Crippen LogP) is 3.61. The number of aryl methyl sites for hydroxylation is 1. The van der Waals surface area contributed by atoms with Gasteiger partial charge in [0.25, 0.3) is 0 Å². The van der Waals surface area contributed by atoms with E-state index >= 15 is 0 Å². The Morgan fingerprint density at radius 1 is 1.30 bits per heavy atom. The first-order chi connectivity index (χ1) is 9.47. The Labute approximate surface area is 119 Å². The Morgan fingerprint density at radius 2 is 2.00 bits per heavy atom. The van der Waals surface area contributed by atoms with E-state index in [2.05, 4.69) is 10.4 Å². The van der Waals surface area contributed by atoms with E-state index in [9.17, 15) is 4.39 Å². The van der Waals surface area contributed by atoms with Crippen molar-refractivity contribution in [1.82, 2.24) is 15.1 Å². The van der Waals surface area contributed by atoms with E-state index in [0.717, 1.165) is 29.2 Å². The van der Waals surface area contributed by atoms with E-state index in [0.29, 0.717) is 5.56 Å². The summed E-state index contributed by atoms with van der Waals surface area (Å²) in [7, 11) is 0. The van der Waals surface area contributed by atoms with E-state index < -0.39 is 0 Å². The van der Waals surface area contributed by atoms with Crippen LogP contribution in [0.1, 0.15) is 42.4 Å². The van der Waals surface area contributed by atoms with Gasteiger partial charge in [-0.2, -0.15) is 5.10 Å². The van der Waals surface area contributed by atoms with Crippen molar-refractivity contribution in [3.8, 4) is 5.69 Å². The fourth-order valence-electron chi connectivity index (χ4n) is 2.50. The van der Waals surface area contributed by atoms with Crippen LogP contribution in [-0.2, 0) is 0 Å².